The van der Waals surface area contributed by atoms with Crippen molar-refractivity contribution in [2.75, 3.05) is 38.0 Å². The maximum absolute atomic E-state index is 11.7. The Bertz CT molecular complexity index is 1510. The van der Waals surface area contributed by atoms with Crippen molar-refractivity contribution in [1.29, 1.82) is 0 Å². The minimum absolute atomic E-state index is 0.134. The van der Waals surface area contributed by atoms with Crippen molar-refractivity contribution in [1.82, 2.24) is 20.1 Å². The summed E-state index contributed by atoms with van der Waals surface area (Å²) >= 11 is 6.12. The fourth-order valence-electron chi connectivity index (χ4n) is 5.16. The molecule has 2 aliphatic heterocycles. The van der Waals surface area contributed by atoms with E-state index in [0.29, 0.717) is 11.1 Å². The highest BCUT2D eigenvalue weighted by molar-refractivity contribution is 7.89. The highest BCUT2D eigenvalue weighted by Gasteiger charge is 2.25. The van der Waals surface area contributed by atoms with E-state index >= 15 is 0 Å². The molecular formula is C29H33ClN6O2S. The van der Waals surface area contributed by atoms with Gasteiger partial charge in [-0.3, -0.25) is 9.88 Å². The van der Waals surface area contributed by atoms with Crippen LogP contribution in [0.4, 0.5) is 5.69 Å². The molecule has 8 nitrogen and oxygen atoms in total. The lowest BCUT2D eigenvalue weighted by atomic mass is 10.0. The highest BCUT2D eigenvalue weighted by atomic mass is 35.5. The normalized spacial score (nSPS) is 16.4. The van der Waals surface area contributed by atoms with Crippen LogP contribution in [0, 0.1) is 0 Å². The van der Waals surface area contributed by atoms with E-state index in [1.807, 2.05) is 55.0 Å². The Morgan fingerprint density at radius 1 is 1.13 bits per heavy atom. The summed E-state index contributed by atoms with van der Waals surface area (Å²) in [5.74, 6) is 0. The van der Waals surface area contributed by atoms with E-state index in [1.54, 1.807) is 12.1 Å². The zero-order chi connectivity index (χ0) is 27.2. The van der Waals surface area contributed by atoms with Crippen LogP contribution < -0.4 is 15.8 Å². The number of pyridine rings is 1. The summed E-state index contributed by atoms with van der Waals surface area (Å²) in [6.07, 6.45) is 9.72. The van der Waals surface area contributed by atoms with Crippen LogP contribution in [0.2, 0.25) is 5.02 Å². The third-order valence-electron chi connectivity index (χ3n) is 7.25. The number of likely N-dealkylation sites (tertiary alicyclic amines) is 1. The maximum atomic E-state index is 11.7. The van der Waals surface area contributed by atoms with Crippen molar-refractivity contribution in [3.63, 3.8) is 0 Å². The fourth-order valence-corrected chi connectivity index (χ4v) is 5.84. The van der Waals surface area contributed by atoms with E-state index in [0.717, 1.165) is 79.8 Å². The third kappa shape index (κ3) is 7.28. The van der Waals surface area contributed by atoms with Gasteiger partial charge in [0, 0.05) is 72.5 Å². The number of benzene rings is 2. The Morgan fingerprint density at radius 3 is 2.64 bits per heavy atom. The first-order valence-electron chi connectivity index (χ1n) is 13.1. The van der Waals surface area contributed by atoms with Gasteiger partial charge in [0.25, 0.3) is 0 Å². The summed E-state index contributed by atoms with van der Waals surface area (Å²) in [5.41, 5.74) is 7.43. The van der Waals surface area contributed by atoms with Gasteiger partial charge in [-0.05, 0) is 74.0 Å². The zero-order valence-corrected chi connectivity index (χ0v) is 23.3. The monoisotopic (exact) mass is 564 g/mol. The second-order valence-electron chi connectivity index (χ2n) is 9.93. The molecule has 2 aromatic carbocycles. The molecule has 204 valence electrons. The molecule has 0 saturated carbocycles. The smallest absolute Gasteiger partial charge is 0.238 e. The number of anilines is 1. The van der Waals surface area contributed by atoms with Crippen molar-refractivity contribution in [2.24, 2.45) is 5.14 Å². The molecular weight excluding hydrogens is 532 g/mol. The van der Waals surface area contributed by atoms with Gasteiger partial charge in [0.1, 0.15) is 0 Å². The van der Waals surface area contributed by atoms with Gasteiger partial charge in [0.15, 0.2) is 0 Å². The molecule has 39 heavy (non-hydrogen) atoms. The number of sulfonamides is 1. The highest BCUT2D eigenvalue weighted by Crippen LogP contribution is 2.25. The second-order valence-corrected chi connectivity index (χ2v) is 11.9. The number of piperidine rings is 1. The van der Waals surface area contributed by atoms with Crippen LogP contribution in [-0.4, -0.2) is 62.0 Å². The van der Waals surface area contributed by atoms with Gasteiger partial charge < -0.3 is 15.5 Å². The predicted molar refractivity (Wildman–Crippen MR) is 157 cm³/mol. The standard InChI is InChI=1S/C29H33ClN6O2S/c30-24-3-6-27-28(9-14-33-29(27)19-24)34-15-18-35-16-10-25(11-17-35)36(21-23-7-12-32-13-8-23)20-22-1-4-26(5-2-22)39(31,37)38/h1-7,9,12-14,19,25,32H,10-11,15-18,20-21H2,(H,33,34)(H2,31,37,38). The van der Waals surface area contributed by atoms with E-state index in [-0.39, 0.29) is 4.90 Å². The number of fused-ring (bicyclic) bond motifs is 1. The number of nitrogens with two attached hydrogens (primary N) is 1. The molecule has 0 aliphatic carbocycles. The summed E-state index contributed by atoms with van der Waals surface area (Å²) in [6, 6.07) is 15.1. The molecule has 0 bridgehead atoms. The van der Waals surface area contributed by atoms with Crippen molar-refractivity contribution in [3.05, 3.63) is 95.1 Å². The van der Waals surface area contributed by atoms with Crippen molar-refractivity contribution < 1.29 is 8.42 Å². The molecule has 1 fully saturated rings. The lowest BCUT2D eigenvalue weighted by Crippen LogP contribution is -2.46. The summed E-state index contributed by atoms with van der Waals surface area (Å²) in [4.78, 5) is 9.54. The van der Waals surface area contributed by atoms with E-state index in [9.17, 15) is 8.42 Å². The van der Waals surface area contributed by atoms with E-state index < -0.39 is 10.0 Å². The van der Waals surface area contributed by atoms with Gasteiger partial charge in [0.05, 0.1) is 10.4 Å². The molecule has 0 radical (unpaired) electrons. The van der Waals surface area contributed by atoms with Crippen molar-refractivity contribution in [3.8, 4) is 0 Å². The Labute approximate surface area is 234 Å². The zero-order valence-electron chi connectivity index (χ0n) is 21.7. The van der Waals surface area contributed by atoms with Gasteiger partial charge in [-0.1, -0.05) is 29.5 Å². The lowest BCUT2D eigenvalue weighted by molar-refractivity contribution is 0.113. The van der Waals surface area contributed by atoms with Crippen LogP contribution in [0.25, 0.3) is 10.9 Å². The van der Waals surface area contributed by atoms with Crippen LogP contribution >= 0.6 is 11.6 Å². The SMILES string of the molecule is NS(=O)(=O)c1ccc(CN(CC2=C=CNC=C2)C2CCN(CCNc3ccnc4cc(Cl)ccc34)CC2)cc1. The molecule has 2 aliphatic rings. The van der Waals surface area contributed by atoms with Crippen molar-refractivity contribution >= 4 is 38.2 Å². The largest absolute Gasteiger partial charge is 0.383 e. The number of nitrogens with zero attached hydrogens (tertiary/aromatic N) is 3. The van der Waals surface area contributed by atoms with Crippen LogP contribution in [0.5, 0.6) is 0 Å². The van der Waals surface area contributed by atoms with Gasteiger partial charge >= 0.3 is 0 Å². The van der Waals surface area contributed by atoms with Crippen molar-refractivity contribution in [2.45, 2.75) is 30.3 Å². The molecule has 5 rings (SSSR count). The lowest BCUT2D eigenvalue weighted by Gasteiger charge is -2.39. The Kier molecular flexibility index (Phi) is 8.67. The summed E-state index contributed by atoms with van der Waals surface area (Å²) in [6.45, 7) is 5.35. The molecule has 3 aromatic rings. The molecule has 0 unspecified atom stereocenters. The average molecular weight is 565 g/mol. The number of primary sulfonamides is 1. The minimum Gasteiger partial charge on any atom is -0.383 e. The molecule has 4 N–H and O–H groups in total. The van der Waals surface area contributed by atoms with Gasteiger partial charge in [-0.15, -0.1) is 0 Å². The topological polar surface area (TPSA) is 104 Å². The second kappa shape index (κ2) is 12.3. The maximum Gasteiger partial charge on any atom is 0.238 e. The van der Waals surface area contributed by atoms with Gasteiger partial charge in [-0.2, -0.15) is 0 Å². The number of hydrogen-bond donors (Lipinski definition) is 3. The quantitative estimate of drug-likeness (QED) is 0.319. The first-order valence-corrected chi connectivity index (χ1v) is 15.0. The van der Waals surface area contributed by atoms with Crippen LogP contribution in [0.1, 0.15) is 18.4 Å². The van der Waals surface area contributed by atoms with Crippen LogP contribution in [-0.2, 0) is 16.6 Å². The average Bonchev–Trinajstić information content (AvgIpc) is 2.93. The number of aromatic nitrogens is 1. The molecule has 0 atom stereocenters. The molecule has 10 heteroatoms. The van der Waals surface area contributed by atoms with E-state index in [2.05, 4.69) is 37.2 Å². The molecule has 3 heterocycles. The minimum atomic E-state index is -3.70. The Morgan fingerprint density at radius 2 is 1.92 bits per heavy atom. The number of rotatable bonds is 10. The number of nitrogens with one attached hydrogen (secondary N) is 2. The molecule has 0 spiro atoms. The molecule has 1 aromatic heterocycles. The van der Waals surface area contributed by atoms with Gasteiger partial charge in [-0.25, -0.2) is 13.6 Å². The van der Waals surface area contributed by atoms with E-state index in [1.165, 1.54) is 0 Å². The van der Waals surface area contributed by atoms with Crippen LogP contribution in [0.15, 0.2) is 89.4 Å². The summed E-state index contributed by atoms with van der Waals surface area (Å²) in [7, 11) is -3.70. The summed E-state index contributed by atoms with van der Waals surface area (Å²) < 4.78 is 23.3. The number of halogens is 1. The Hall–Kier alpha value is -3.17. The third-order valence-corrected chi connectivity index (χ3v) is 8.42. The predicted octanol–water partition coefficient (Wildman–Crippen LogP) is 4.07. The molecule has 1 saturated heterocycles. The van der Waals surface area contributed by atoms with Crippen LogP contribution in [0.3, 0.4) is 0 Å². The molecule has 0 amide bonds. The summed E-state index contributed by atoms with van der Waals surface area (Å²) in [5, 5.41) is 13.7. The Balaban J connectivity index is 1.18. The number of hydrogen-bond acceptors (Lipinski definition) is 7. The first-order chi connectivity index (χ1) is 18.8. The van der Waals surface area contributed by atoms with E-state index in [4.69, 9.17) is 16.7 Å². The van der Waals surface area contributed by atoms with Gasteiger partial charge in [0.2, 0.25) is 10.0 Å². The first kappa shape index (κ1) is 27.4. The fraction of sp³-hybridized carbons (Fsp3) is 0.310.